The third kappa shape index (κ3) is 4.22. The van der Waals surface area contributed by atoms with E-state index >= 15 is 0 Å². The summed E-state index contributed by atoms with van der Waals surface area (Å²) in [6.07, 6.45) is 4.55. The van der Waals surface area contributed by atoms with E-state index < -0.39 is 5.97 Å². The summed E-state index contributed by atoms with van der Waals surface area (Å²) in [6.45, 7) is 4.85. The molecule has 0 aliphatic carbocycles. The van der Waals surface area contributed by atoms with Crippen molar-refractivity contribution >= 4 is 11.7 Å². The van der Waals surface area contributed by atoms with Gasteiger partial charge in [0.2, 0.25) is 0 Å². The molecule has 1 aromatic heterocycles. The lowest BCUT2D eigenvalue weighted by molar-refractivity contribution is -0.132. The van der Waals surface area contributed by atoms with Gasteiger partial charge in [0.25, 0.3) is 5.56 Å². The van der Waals surface area contributed by atoms with Crippen LogP contribution in [-0.4, -0.2) is 34.4 Å². The summed E-state index contributed by atoms with van der Waals surface area (Å²) in [5, 5.41) is 13.0. The van der Waals surface area contributed by atoms with Gasteiger partial charge in [-0.15, -0.1) is 0 Å². The lowest BCUT2D eigenvalue weighted by atomic mass is 10.2. The van der Waals surface area contributed by atoms with Crippen LogP contribution in [0.25, 0.3) is 0 Å². The summed E-state index contributed by atoms with van der Waals surface area (Å²) in [5.41, 5.74) is 0.819. The Morgan fingerprint density at radius 3 is 2.70 bits per heavy atom. The molecule has 1 aromatic rings. The molecule has 0 amide bonds. The number of hydrogen-bond donors (Lipinski definition) is 1. The second-order valence-corrected chi connectivity index (χ2v) is 4.54. The zero-order chi connectivity index (χ0) is 15.1. The van der Waals surface area contributed by atoms with Crippen molar-refractivity contribution in [3.8, 4) is 0 Å². The van der Waals surface area contributed by atoms with Crippen LogP contribution < -0.4 is 10.5 Å². The number of anilines is 1. The molecule has 20 heavy (non-hydrogen) atoms. The molecule has 1 N–H and O–H groups in total. The number of carboxylic acid groups (broad SMARTS) is 1. The quantitative estimate of drug-likeness (QED) is 0.766. The monoisotopic (exact) mass is 279 g/mol. The zero-order valence-electron chi connectivity index (χ0n) is 12.2. The highest BCUT2D eigenvalue weighted by Crippen LogP contribution is 2.07. The van der Waals surface area contributed by atoms with E-state index in [0.717, 1.165) is 18.7 Å². The number of carbonyl (C=O) groups is 1. The summed E-state index contributed by atoms with van der Waals surface area (Å²) in [7, 11) is 1.91. The Morgan fingerprint density at radius 1 is 1.50 bits per heavy atom. The number of hydrogen-bond acceptors (Lipinski definition) is 4. The lowest BCUT2D eigenvalue weighted by Gasteiger charge is -2.17. The van der Waals surface area contributed by atoms with E-state index in [2.05, 4.69) is 12.0 Å². The number of rotatable bonds is 7. The molecule has 0 aliphatic heterocycles. The third-order valence-electron chi connectivity index (χ3n) is 3.02. The first-order chi connectivity index (χ1) is 9.49. The van der Waals surface area contributed by atoms with Crippen molar-refractivity contribution in [1.29, 1.82) is 0 Å². The average Bonchev–Trinajstić information content (AvgIpc) is 2.40. The molecule has 1 rings (SSSR count). The Labute approximate surface area is 118 Å². The molecule has 0 atom stereocenters. The molecular weight excluding hydrogens is 258 g/mol. The van der Waals surface area contributed by atoms with E-state index in [9.17, 15) is 9.59 Å². The molecule has 1 heterocycles. The van der Waals surface area contributed by atoms with Crippen molar-refractivity contribution in [2.45, 2.75) is 33.2 Å². The van der Waals surface area contributed by atoms with Crippen molar-refractivity contribution in [3.05, 3.63) is 34.3 Å². The van der Waals surface area contributed by atoms with Crippen molar-refractivity contribution in [2.24, 2.45) is 0 Å². The van der Waals surface area contributed by atoms with Crippen LogP contribution in [0.5, 0.6) is 0 Å². The fourth-order valence-corrected chi connectivity index (χ4v) is 1.81. The second-order valence-electron chi connectivity index (χ2n) is 4.54. The third-order valence-corrected chi connectivity index (χ3v) is 3.02. The number of aliphatic carboxylic acids is 1. The van der Waals surface area contributed by atoms with E-state index in [1.165, 1.54) is 16.8 Å². The molecule has 0 aromatic carbocycles. The van der Waals surface area contributed by atoms with Gasteiger partial charge in [0.15, 0.2) is 0 Å². The van der Waals surface area contributed by atoms with Crippen LogP contribution in [0.2, 0.25) is 0 Å². The summed E-state index contributed by atoms with van der Waals surface area (Å²) >= 11 is 0. The second kappa shape index (κ2) is 7.47. The largest absolute Gasteiger partial charge is 0.478 e. The molecule has 0 bridgehead atoms. The van der Waals surface area contributed by atoms with Gasteiger partial charge in [0, 0.05) is 25.2 Å². The number of allylic oxidation sites excluding steroid dienone is 1. The van der Waals surface area contributed by atoms with Crippen LogP contribution >= 0.6 is 0 Å². The van der Waals surface area contributed by atoms with E-state index in [4.69, 9.17) is 5.11 Å². The predicted octanol–water partition coefficient (Wildman–Crippen LogP) is 1.51. The molecule has 0 spiro atoms. The van der Waals surface area contributed by atoms with E-state index in [-0.39, 0.29) is 17.7 Å². The molecule has 0 saturated heterocycles. The van der Waals surface area contributed by atoms with Crippen LogP contribution in [0.4, 0.5) is 5.69 Å². The van der Waals surface area contributed by atoms with Gasteiger partial charge in [0.1, 0.15) is 0 Å². The van der Waals surface area contributed by atoms with Crippen molar-refractivity contribution in [3.63, 3.8) is 0 Å². The van der Waals surface area contributed by atoms with E-state index in [0.29, 0.717) is 6.42 Å². The fraction of sp³-hybridized carbons (Fsp3) is 0.500. The summed E-state index contributed by atoms with van der Waals surface area (Å²) < 4.78 is 1.25. The maximum Gasteiger partial charge on any atom is 0.331 e. The smallest absolute Gasteiger partial charge is 0.331 e. The minimum absolute atomic E-state index is 0.173. The lowest BCUT2D eigenvalue weighted by Crippen LogP contribution is -2.26. The van der Waals surface area contributed by atoms with Crippen molar-refractivity contribution in [2.75, 3.05) is 18.5 Å². The predicted molar refractivity (Wildman–Crippen MR) is 78.1 cm³/mol. The number of carboxylic acids is 1. The zero-order valence-corrected chi connectivity index (χ0v) is 12.2. The van der Waals surface area contributed by atoms with Gasteiger partial charge < -0.3 is 10.0 Å². The molecule has 6 nitrogen and oxygen atoms in total. The molecule has 0 radical (unpaired) electrons. The summed E-state index contributed by atoms with van der Waals surface area (Å²) in [6, 6.07) is 1.52. The highest BCUT2D eigenvalue weighted by molar-refractivity contribution is 5.86. The van der Waals surface area contributed by atoms with Crippen LogP contribution in [0.15, 0.2) is 28.7 Å². The summed E-state index contributed by atoms with van der Waals surface area (Å²) in [5.74, 6) is -0.958. The topological polar surface area (TPSA) is 75.4 Å². The minimum atomic E-state index is -0.958. The van der Waals surface area contributed by atoms with Gasteiger partial charge >= 0.3 is 5.97 Å². The van der Waals surface area contributed by atoms with E-state index in [1.807, 2.05) is 11.9 Å². The normalized spacial score (nSPS) is 11.4. The Hall–Kier alpha value is -2.11. The maximum absolute atomic E-state index is 11.9. The molecule has 0 fully saturated rings. The van der Waals surface area contributed by atoms with Gasteiger partial charge in [-0.3, -0.25) is 4.79 Å². The molecule has 0 aliphatic rings. The van der Waals surface area contributed by atoms with Gasteiger partial charge in [-0.2, -0.15) is 5.10 Å². The van der Waals surface area contributed by atoms with Gasteiger partial charge in [0.05, 0.1) is 18.4 Å². The maximum atomic E-state index is 11.9. The standard InChI is InChI=1S/C14H21N3O3/c1-4-7-16(3)12-9-13(18)17(15-10-12)8-6-11(5-2)14(19)20/h6,9-10H,4-5,7-8H2,1-3H3,(H,19,20)/b11-6-. The van der Waals surface area contributed by atoms with Gasteiger partial charge in [-0.25, -0.2) is 9.48 Å². The van der Waals surface area contributed by atoms with Crippen LogP contribution in [0.3, 0.4) is 0 Å². The highest BCUT2D eigenvalue weighted by Gasteiger charge is 2.06. The summed E-state index contributed by atoms with van der Waals surface area (Å²) in [4.78, 5) is 24.7. The van der Waals surface area contributed by atoms with Crippen molar-refractivity contribution in [1.82, 2.24) is 9.78 Å². The van der Waals surface area contributed by atoms with Crippen molar-refractivity contribution < 1.29 is 9.90 Å². The molecule has 0 saturated carbocycles. The number of nitrogens with zero attached hydrogens (tertiary/aromatic N) is 3. The first-order valence-corrected chi connectivity index (χ1v) is 6.70. The first kappa shape index (κ1) is 15.9. The molecule has 0 unspecified atom stereocenters. The Bertz CT molecular complexity index is 549. The number of aromatic nitrogens is 2. The molecule has 6 heteroatoms. The van der Waals surface area contributed by atoms with Crippen LogP contribution in [0.1, 0.15) is 26.7 Å². The molecular formula is C14H21N3O3. The highest BCUT2D eigenvalue weighted by atomic mass is 16.4. The average molecular weight is 279 g/mol. The Balaban J connectivity index is 2.89. The fourth-order valence-electron chi connectivity index (χ4n) is 1.81. The van der Waals surface area contributed by atoms with Gasteiger partial charge in [-0.05, 0) is 12.8 Å². The SMILES string of the molecule is CCCN(C)c1cnn(C/C=C(/CC)C(=O)O)c(=O)c1. The molecule has 110 valence electrons. The van der Waals surface area contributed by atoms with E-state index in [1.54, 1.807) is 13.1 Å². The first-order valence-electron chi connectivity index (χ1n) is 6.70. The van der Waals surface area contributed by atoms with Crippen LogP contribution in [0, 0.1) is 0 Å². The minimum Gasteiger partial charge on any atom is -0.478 e. The Morgan fingerprint density at radius 2 is 2.20 bits per heavy atom. The van der Waals surface area contributed by atoms with Crippen LogP contribution in [-0.2, 0) is 11.3 Å². The Kier molecular flexibility index (Phi) is 5.96. The van der Waals surface area contributed by atoms with Gasteiger partial charge in [-0.1, -0.05) is 19.9 Å².